The molecule has 1 aliphatic carbocycles. The van der Waals surface area contributed by atoms with E-state index in [1.165, 1.54) is 36.8 Å². The normalized spacial score (nSPS) is 17.6. The lowest BCUT2D eigenvalue weighted by Crippen LogP contribution is -2.29. The van der Waals surface area contributed by atoms with Gasteiger partial charge in [0.1, 0.15) is 7.05 Å². The van der Waals surface area contributed by atoms with Crippen molar-refractivity contribution in [3.8, 4) is 0 Å². The molecule has 0 amide bonds. The minimum atomic E-state index is 0.635. The zero-order chi connectivity index (χ0) is 14.8. The smallest absolute Gasteiger partial charge is 0.171 e. The second-order valence-electron chi connectivity index (χ2n) is 5.97. The summed E-state index contributed by atoms with van der Waals surface area (Å²) in [5.41, 5.74) is 4.34. The van der Waals surface area contributed by atoms with Gasteiger partial charge in [0, 0.05) is 11.6 Å². The van der Waals surface area contributed by atoms with E-state index in [1.54, 1.807) is 5.56 Å². The van der Waals surface area contributed by atoms with Gasteiger partial charge in [0.25, 0.3) is 0 Å². The largest absolute Gasteiger partial charge is 0.208 e. The van der Waals surface area contributed by atoms with Crippen molar-refractivity contribution in [2.75, 3.05) is 0 Å². The molecule has 1 aromatic heterocycles. The number of pyridine rings is 1. The zero-order valence-corrected chi connectivity index (χ0v) is 13.8. The van der Waals surface area contributed by atoms with Gasteiger partial charge < -0.3 is 0 Å². The summed E-state index contributed by atoms with van der Waals surface area (Å²) in [7, 11) is 2.10. The van der Waals surface area contributed by atoms with Crippen LogP contribution in [0.3, 0.4) is 0 Å². The predicted molar refractivity (Wildman–Crippen MR) is 88.1 cm³/mol. The Balaban J connectivity index is 1.73. The fourth-order valence-electron chi connectivity index (χ4n) is 3.31. The summed E-state index contributed by atoms with van der Waals surface area (Å²) >= 11 is 12.1. The average Bonchev–Trinajstić information content (AvgIpc) is 2.48. The number of hydrogen-bond donors (Lipinski definition) is 0. The molecule has 3 heteroatoms. The minimum Gasteiger partial charge on any atom is -0.208 e. The van der Waals surface area contributed by atoms with Gasteiger partial charge in [-0.3, -0.25) is 0 Å². The van der Waals surface area contributed by atoms with Gasteiger partial charge in [0.05, 0.1) is 10.0 Å². The van der Waals surface area contributed by atoms with Crippen molar-refractivity contribution in [2.24, 2.45) is 7.05 Å². The van der Waals surface area contributed by atoms with Crippen molar-refractivity contribution in [1.29, 1.82) is 0 Å². The molecule has 1 heterocycles. The van der Waals surface area contributed by atoms with Crippen LogP contribution in [0.15, 0.2) is 36.7 Å². The summed E-state index contributed by atoms with van der Waals surface area (Å²) in [6.45, 7) is 0. The molecular weight excluding hydrogens is 301 g/mol. The minimum absolute atomic E-state index is 0.635. The summed E-state index contributed by atoms with van der Waals surface area (Å²) in [6, 6.07) is 8.28. The Labute approximate surface area is 136 Å². The molecule has 0 saturated carbocycles. The SMILES string of the molecule is C[n+]1ccc2c(c1)CCCC2CCc1ccc(Cl)c(Cl)c1. The molecule has 3 rings (SSSR count). The number of benzene rings is 1. The van der Waals surface area contributed by atoms with Gasteiger partial charge in [-0.1, -0.05) is 29.3 Å². The summed E-state index contributed by atoms with van der Waals surface area (Å²) in [4.78, 5) is 0. The van der Waals surface area contributed by atoms with Crippen molar-refractivity contribution in [2.45, 2.75) is 38.0 Å². The maximum Gasteiger partial charge on any atom is 0.171 e. The summed E-state index contributed by atoms with van der Waals surface area (Å²) in [6.07, 6.45) is 10.5. The zero-order valence-electron chi connectivity index (χ0n) is 12.3. The fourth-order valence-corrected chi connectivity index (χ4v) is 3.63. The molecule has 110 valence electrons. The highest BCUT2D eigenvalue weighted by Crippen LogP contribution is 2.34. The first-order valence-corrected chi connectivity index (χ1v) is 8.31. The van der Waals surface area contributed by atoms with Crippen LogP contribution in [0, 0.1) is 0 Å². The second kappa shape index (κ2) is 6.37. The van der Waals surface area contributed by atoms with E-state index in [2.05, 4.69) is 36.1 Å². The second-order valence-corrected chi connectivity index (χ2v) is 6.78. The topological polar surface area (TPSA) is 3.88 Å². The first-order chi connectivity index (χ1) is 10.1. The van der Waals surface area contributed by atoms with E-state index in [9.17, 15) is 0 Å². The Morgan fingerprint density at radius 1 is 1.19 bits per heavy atom. The standard InChI is InChI=1S/C18H20Cl2N/c1-21-10-9-16-14(3-2-4-15(16)12-21)7-5-13-6-8-17(19)18(20)11-13/h6,8-12,14H,2-5,7H2,1H3/q+1. The first kappa shape index (κ1) is 14.9. The van der Waals surface area contributed by atoms with Crippen molar-refractivity contribution in [3.05, 3.63) is 63.4 Å². The lowest BCUT2D eigenvalue weighted by molar-refractivity contribution is -0.672. The molecule has 2 aromatic rings. The van der Waals surface area contributed by atoms with Crippen molar-refractivity contribution < 1.29 is 4.57 Å². The van der Waals surface area contributed by atoms with Gasteiger partial charge in [0.15, 0.2) is 12.4 Å². The monoisotopic (exact) mass is 320 g/mol. The van der Waals surface area contributed by atoms with Gasteiger partial charge in [-0.25, -0.2) is 4.57 Å². The average molecular weight is 321 g/mol. The lowest BCUT2D eigenvalue weighted by Gasteiger charge is -2.24. The number of rotatable bonds is 3. The van der Waals surface area contributed by atoms with Crippen LogP contribution in [-0.2, 0) is 19.9 Å². The summed E-state index contributed by atoms with van der Waals surface area (Å²) in [5, 5.41) is 1.29. The van der Waals surface area contributed by atoms with Crippen molar-refractivity contribution >= 4 is 23.2 Å². The van der Waals surface area contributed by atoms with Gasteiger partial charge in [-0.05, 0) is 61.3 Å². The van der Waals surface area contributed by atoms with E-state index in [0.717, 1.165) is 6.42 Å². The molecule has 0 aliphatic heterocycles. The van der Waals surface area contributed by atoms with E-state index >= 15 is 0 Å². The van der Waals surface area contributed by atoms with Crippen LogP contribution in [-0.4, -0.2) is 0 Å². The van der Waals surface area contributed by atoms with E-state index in [-0.39, 0.29) is 0 Å². The number of halogens is 2. The van der Waals surface area contributed by atoms with E-state index in [1.807, 2.05) is 12.1 Å². The van der Waals surface area contributed by atoms with Crippen molar-refractivity contribution in [3.63, 3.8) is 0 Å². The Hall–Kier alpha value is -1.05. The molecule has 0 N–H and O–H groups in total. The van der Waals surface area contributed by atoms with Crippen LogP contribution in [0.1, 0.15) is 41.9 Å². The fraction of sp³-hybridized carbons (Fsp3) is 0.389. The van der Waals surface area contributed by atoms with Crippen LogP contribution in [0.25, 0.3) is 0 Å². The third-order valence-corrected chi connectivity index (χ3v) is 5.16. The highest BCUT2D eigenvalue weighted by atomic mass is 35.5. The molecule has 0 saturated heterocycles. The number of fused-ring (bicyclic) bond motifs is 1. The number of aromatic nitrogens is 1. The molecule has 0 fully saturated rings. The van der Waals surface area contributed by atoms with E-state index < -0.39 is 0 Å². The highest BCUT2D eigenvalue weighted by Gasteiger charge is 2.22. The van der Waals surface area contributed by atoms with Crippen LogP contribution in [0.5, 0.6) is 0 Å². The molecular formula is C18H20Cl2N+. The van der Waals surface area contributed by atoms with Crippen LogP contribution in [0.4, 0.5) is 0 Å². The Bertz CT molecular complexity index is 652. The maximum absolute atomic E-state index is 6.10. The molecule has 1 nitrogen and oxygen atoms in total. The molecule has 1 atom stereocenters. The quantitative estimate of drug-likeness (QED) is 0.710. The molecule has 0 radical (unpaired) electrons. The Morgan fingerprint density at radius 2 is 2.05 bits per heavy atom. The van der Waals surface area contributed by atoms with Crippen LogP contribution >= 0.6 is 23.2 Å². The Morgan fingerprint density at radius 3 is 2.86 bits per heavy atom. The summed E-state index contributed by atoms with van der Waals surface area (Å²) < 4.78 is 2.15. The molecule has 0 bridgehead atoms. The van der Waals surface area contributed by atoms with Crippen molar-refractivity contribution in [1.82, 2.24) is 0 Å². The number of aryl methyl sites for hydroxylation is 3. The number of hydrogen-bond acceptors (Lipinski definition) is 0. The van der Waals surface area contributed by atoms with Crippen LogP contribution < -0.4 is 4.57 Å². The van der Waals surface area contributed by atoms with Gasteiger partial charge in [-0.2, -0.15) is 0 Å². The summed E-state index contributed by atoms with van der Waals surface area (Å²) in [5.74, 6) is 0.671. The molecule has 1 aromatic carbocycles. The predicted octanol–water partition coefficient (Wildman–Crippen LogP) is 4.87. The van der Waals surface area contributed by atoms with Gasteiger partial charge in [0.2, 0.25) is 0 Å². The van der Waals surface area contributed by atoms with Crippen LogP contribution in [0.2, 0.25) is 10.0 Å². The lowest BCUT2D eigenvalue weighted by atomic mass is 9.81. The molecule has 0 spiro atoms. The maximum atomic E-state index is 6.10. The van der Waals surface area contributed by atoms with E-state index in [4.69, 9.17) is 23.2 Å². The molecule has 1 unspecified atom stereocenters. The van der Waals surface area contributed by atoms with E-state index in [0.29, 0.717) is 16.0 Å². The highest BCUT2D eigenvalue weighted by molar-refractivity contribution is 6.42. The third kappa shape index (κ3) is 3.41. The number of nitrogens with zero attached hydrogens (tertiary/aromatic N) is 1. The first-order valence-electron chi connectivity index (χ1n) is 7.55. The Kier molecular flexibility index (Phi) is 4.51. The third-order valence-electron chi connectivity index (χ3n) is 4.42. The molecule has 1 aliphatic rings. The van der Waals surface area contributed by atoms with Gasteiger partial charge in [-0.15, -0.1) is 0 Å². The van der Waals surface area contributed by atoms with Gasteiger partial charge >= 0.3 is 0 Å². The molecule has 21 heavy (non-hydrogen) atoms.